The van der Waals surface area contributed by atoms with E-state index < -0.39 is 15.4 Å². The third-order valence-corrected chi connectivity index (χ3v) is 9.87. The molecule has 0 atom stereocenters. The molecule has 0 amide bonds. The van der Waals surface area contributed by atoms with Gasteiger partial charge in [0, 0.05) is 41.1 Å². The Labute approximate surface area is 376 Å². The summed E-state index contributed by atoms with van der Waals surface area (Å²) in [5, 5.41) is 50.4. The molecule has 4 N–H and O–H groups in total. The average molecular weight is 882 g/mol. The molecule has 6 rings (SSSR count). The molecule has 0 aromatic heterocycles. The van der Waals surface area contributed by atoms with Gasteiger partial charge in [-0.25, -0.2) is 0 Å². The summed E-state index contributed by atoms with van der Waals surface area (Å²) in [6.45, 7) is 13.0. The standard InChI is InChI=1S/C28H30N2O6.C22H21N3O4/c1-18-14-25(22-10-6-20(7-11-22)15-27(32)36-28(3,4)5)24(16-26(18)31)19(2)29-35-17-21-8-12-23(13-9-21)30(33)34;1-14-11-21(17-5-7-18(23)8-6-17)20(12-22(14)26)15(2)24-29-13-16-3-9-19(10-4-16)25(27)28/h6-14,16,31H,15,17H2,1-5H3;3-12,26H,13,23H2,1-2H3/b29-19+;24-15+. The number of nitro benzene ring substituents is 2. The normalized spacial score (nSPS) is 11.6. The van der Waals surface area contributed by atoms with Crippen molar-refractivity contribution in [3.8, 4) is 33.8 Å². The molecule has 0 bridgehead atoms. The highest BCUT2D eigenvalue weighted by molar-refractivity contribution is 6.05. The van der Waals surface area contributed by atoms with Crippen LogP contribution in [-0.4, -0.2) is 43.1 Å². The number of nitrogens with two attached hydrogens (primary N) is 1. The van der Waals surface area contributed by atoms with Crippen molar-refractivity contribution in [1.29, 1.82) is 0 Å². The van der Waals surface area contributed by atoms with Crippen molar-refractivity contribution in [1.82, 2.24) is 0 Å². The first-order valence-electron chi connectivity index (χ1n) is 20.4. The molecule has 0 saturated carbocycles. The van der Waals surface area contributed by atoms with Crippen molar-refractivity contribution in [3.05, 3.63) is 181 Å². The van der Waals surface area contributed by atoms with Crippen LogP contribution in [0.2, 0.25) is 0 Å². The summed E-state index contributed by atoms with van der Waals surface area (Å²) in [4.78, 5) is 43.7. The number of oxime groups is 2. The minimum atomic E-state index is -0.535. The van der Waals surface area contributed by atoms with Gasteiger partial charge < -0.3 is 30.4 Å². The number of carbonyl (C=O) groups excluding carboxylic acids is 1. The van der Waals surface area contributed by atoms with Gasteiger partial charge in [-0.15, -0.1) is 0 Å². The van der Waals surface area contributed by atoms with Gasteiger partial charge in [0.05, 0.1) is 27.7 Å². The lowest BCUT2D eigenvalue weighted by atomic mass is 9.94. The van der Waals surface area contributed by atoms with Crippen molar-refractivity contribution < 1.29 is 39.3 Å². The topological polar surface area (TPSA) is 222 Å². The quantitative estimate of drug-likeness (QED) is 0.0307. The molecule has 15 nitrogen and oxygen atoms in total. The van der Waals surface area contributed by atoms with Gasteiger partial charge in [-0.3, -0.25) is 25.0 Å². The lowest BCUT2D eigenvalue weighted by Gasteiger charge is -2.19. The number of ether oxygens (including phenoxy) is 1. The van der Waals surface area contributed by atoms with E-state index in [1.807, 2.05) is 95.3 Å². The highest BCUT2D eigenvalue weighted by Crippen LogP contribution is 2.33. The van der Waals surface area contributed by atoms with Crippen LogP contribution in [0.15, 0.2) is 132 Å². The minimum absolute atomic E-state index is 0.00955. The molecule has 6 aromatic carbocycles. The van der Waals surface area contributed by atoms with Crippen molar-refractivity contribution in [2.45, 2.75) is 73.7 Å². The number of nitrogen functional groups attached to an aromatic ring is 1. The number of nitro groups is 2. The first-order valence-corrected chi connectivity index (χ1v) is 20.4. The van der Waals surface area contributed by atoms with E-state index in [0.717, 1.165) is 50.1 Å². The summed E-state index contributed by atoms with van der Waals surface area (Å²) in [5.74, 6) is 0.0221. The molecular weight excluding hydrogens is 831 g/mol. The van der Waals surface area contributed by atoms with Crippen LogP contribution in [0.4, 0.5) is 17.1 Å². The zero-order valence-corrected chi connectivity index (χ0v) is 37.2. The van der Waals surface area contributed by atoms with E-state index in [2.05, 4.69) is 10.3 Å². The fraction of sp³-hybridized carbons (Fsp3) is 0.220. The van der Waals surface area contributed by atoms with Gasteiger partial charge in [-0.1, -0.05) is 46.7 Å². The van der Waals surface area contributed by atoms with Crippen molar-refractivity contribution in [2.75, 3.05) is 5.73 Å². The second-order valence-corrected chi connectivity index (χ2v) is 16.2. The van der Waals surface area contributed by atoms with Crippen LogP contribution in [0.1, 0.15) is 73.6 Å². The molecule has 0 aliphatic rings. The number of non-ortho nitro benzene ring substituents is 2. The Hall–Kier alpha value is -8.07. The van der Waals surface area contributed by atoms with Crippen LogP contribution in [0, 0.1) is 34.1 Å². The van der Waals surface area contributed by atoms with E-state index in [4.69, 9.17) is 20.1 Å². The van der Waals surface area contributed by atoms with Crippen LogP contribution in [0.3, 0.4) is 0 Å². The third-order valence-electron chi connectivity index (χ3n) is 9.87. The summed E-state index contributed by atoms with van der Waals surface area (Å²) in [6, 6.07) is 34.3. The number of aromatic hydroxyl groups is 2. The van der Waals surface area contributed by atoms with Gasteiger partial charge in [-0.2, -0.15) is 0 Å². The number of hydrogen-bond acceptors (Lipinski definition) is 13. The number of nitrogens with zero attached hydrogens (tertiary/aromatic N) is 4. The van der Waals surface area contributed by atoms with Crippen molar-refractivity contribution in [2.24, 2.45) is 10.3 Å². The van der Waals surface area contributed by atoms with Crippen LogP contribution in [-0.2, 0) is 38.8 Å². The maximum absolute atomic E-state index is 12.1. The Kier molecular flexibility index (Phi) is 15.7. The number of benzene rings is 6. The molecule has 0 saturated heterocycles. The molecule has 336 valence electrons. The molecular formula is C50H51N5O10. The molecule has 6 aromatic rings. The average Bonchev–Trinajstić information content (AvgIpc) is 3.25. The predicted molar refractivity (Wildman–Crippen MR) is 251 cm³/mol. The largest absolute Gasteiger partial charge is 0.508 e. The molecule has 0 fully saturated rings. The fourth-order valence-electron chi connectivity index (χ4n) is 6.41. The smallest absolute Gasteiger partial charge is 0.310 e. The highest BCUT2D eigenvalue weighted by atomic mass is 16.6. The zero-order chi connectivity index (χ0) is 47.4. The van der Waals surface area contributed by atoms with Gasteiger partial charge >= 0.3 is 5.97 Å². The van der Waals surface area contributed by atoms with E-state index in [0.29, 0.717) is 28.2 Å². The lowest BCUT2D eigenvalue weighted by molar-refractivity contribution is -0.385. The second-order valence-electron chi connectivity index (χ2n) is 16.2. The number of hydrogen-bond donors (Lipinski definition) is 3. The van der Waals surface area contributed by atoms with Gasteiger partial charge in [0.1, 0.15) is 30.3 Å². The van der Waals surface area contributed by atoms with Crippen LogP contribution >= 0.6 is 0 Å². The number of phenolic OH excluding ortho intramolecular Hbond substituents is 2. The molecule has 0 aliphatic carbocycles. The van der Waals surface area contributed by atoms with Gasteiger partial charge in [0.2, 0.25) is 0 Å². The number of esters is 1. The molecule has 0 unspecified atom stereocenters. The first-order chi connectivity index (χ1) is 30.8. The summed E-state index contributed by atoms with van der Waals surface area (Å²) >= 11 is 0. The summed E-state index contributed by atoms with van der Waals surface area (Å²) in [6.07, 6.45) is 0.177. The number of rotatable bonds is 14. The molecule has 0 aliphatic heterocycles. The second kappa shape index (κ2) is 21.3. The van der Waals surface area contributed by atoms with Crippen LogP contribution in [0.5, 0.6) is 11.5 Å². The van der Waals surface area contributed by atoms with E-state index in [9.17, 15) is 35.2 Å². The third kappa shape index (κ3) is 13.7. The SMILES string of the molecule is C/C(=N\OCc1ccc([N+](=O)[O-])cc1)c1cc(O)c(C)cc1-c1ccc(CC(=O)OC(C)(C)C)cc1.C/C(=N\OCc1ccc([N+](=O)[O-])cc1)c1cc(O)c(C)cc1-c1ccc(N)cc1. The van der Waals surface area contributed by atoms with Crippen LogP contribution in [0.25, 0.3) is 22.3 Å². The van der Waals surface area contributed by atoms with Gasteiger partial charge in [0.25, 0.3) is 11.4 Å². The number of carbonyl (C=O) groups is 1. The fourth-order valence-corrected chi connectivity index (χ4v) is 6.41. The molecule has 65 heavy (non-hydrogen) atoms. The lowest BCUT2D eigenvalue weighted by Crippen LogP contribution is -2.24. The highest BCUT2D eigenvalue weighted by Gasteiger charge is 2.18. The molecule has 0 spiro atoms. The number of aryl methyl sites for hydroxylation is 2. The van der Waals surface area contributed by atoms with Gasteiger partial charge in [-0.05, 0) is 159 Å². The number of phenols is 2. The number of anilines is 1. The zero-order valence-electron chi connectivity index (χ0n) is 37.2. The molecule has 15 heteroatoms. The Morgan fingerprint density at radius 2 is 0.985 bits per heavy atom. The Morgan fingerprint density at radius 1 is 0.615 bits per heavy atom. The van der Waals surface area contributed by atoms with Crippen molar-refractivity contribution in [3.63, 3.8) is 0 Å². The Bertz CT molecular complexity index is 2710. The maximum Gasteiger partial charge on any atom is 0.310 e. The Morgan fingerprint density at radius 3 is 1.35 bits per heavy atom. The first kappa shape index (κ1) is 48.0. The minimum Gasteiger partial charge on any atom is -0.508 e. The summed E-state index contributed by atoms with van der Waals surface area (Å²) < 4.78 is 5.40. The Balaban J connectivity index is 0.000000250. The summed E-state index contributed by atoms with van der Waals surface area (Å²) in [7, 11) is 0. The van der Waals surface area contributed by atoms with Gasteiger partial charge in [0.15, 0.2) is 0 Å². The maximum atomic E-state index is 12.1. The van der Waals surface area contributed by atoms with E-state index in [1.54, 1.807) is 50.2 Å². The van der Waals surface area contributed by atoms with E-state index in [1.165, 1.54) is 24.3 Å². The predicted octanol–water partition coefficient (Wildman–Crippen LogP) is 10.9. The monoisotopic (exact) mass is 881 g/mol. The molecule has 0 heterocycles. The van der Waals surface area contributed by atoms with Crippen LogP contribution < -0.4 is 5.73 Å². The van der Waals surface area contributed by atoms with E-state index in [-0.39, 0.29) is 48.5 Å². The van der Waals surface area contributed by atoms with E-state index >= 15 is 0 Å². The summed E-state index contributed by atoms with van der Waals surface area (Å²) in [5.41, 5.74) is 15.9. The molecule has 0 radical (unpaired) electrons. The van der Waals surface area contributed by atoms with Crippen molar-refractivity contribution >= 4 is 34.5 Å².